The van der Waals surface area contributed by atoms with E-state index in [1.165, 1.54) is 0 Å². The lowest BCUT2D eigenvalue weighted by molar-refractivity contribution is 0.324. The minimum atomic E-state index is -0.0919. The van der Waals surface area contributed by atoms with Crippen LogP contribution in [0.25, 0.3) is 38.9 Å². The molecule has 6 heteroatoms. The second-order valence-corrected chi connectivity index (χ2v) is 7.53. The number of hydrogen-bond acceptors (Lipinski definition) is 5. The van der Waals surface area contributed by atoms with Gasteiger partial charge in [0.2, 0.25) is 5.75 Å². The van der Waals surface area contributed by atoms with Crippen LogP contribution in [0.5, 0.6) is 17.2 Å². The van der Waals surface area contributed by atoms with E-state index >= 15 is 0 Å². The van der Waals surface area contributed by atoms with Gasteiger partial charge in [0.15, 0.2) is 16.9 Å². The summed E-state index contributed by atoms with van der Waals surface area (Å²) in [5, 5.41) is 1.44. The highest BCUT2D eigenvalue weighted by Crippen LogP contribution is 2.40. The van der Waals surface area contributed by atoms with Crippen molar-refractivity contribution in [3.8, 4) is 34.2 Å². The molecule has 0 aliphatic heterocycles. The predicted molar refractivity (Wildman–Crippen MR) is 130 cm³/mol. The molecule has 0 atom stereocenters. The van der Waals surface area contributed by atoms with E-state index in [1.807, 2.05) is 77.4 Å². The van der Waals surface area contributed by atoms with Crippen LogP contribution in [0.4, 0.5) is 0 Å². The molecule has 2 heterocycles. The number of para-hydroxylation sites is 1. The van der Waals surface area contributed by atoms with Crippen LogP contribution in [0.1, 0.15) is 0 Å². The van der Waals surface area contributed by atoms with Gasteiger partial charge in [-0.1, -0.05) is 48.5 Å². The topological polar surface area (TPSA) is 62.6 Å². The summed E-state index contributed by atoms with van der Waals surface area (Å²) < 4.78 is 18.6. The van der Waals surface area contributed by atoms with E-state index in [0.717, 1.165) is 22.2 Å². The van der Waals surface area contributed by atoms with Crippen LogP contribution in [-0.2, 0) is 0 Å². The lowest BCUT2D eigenvalue weighted by Gasteiger charge is -2.20. The van der Waals surface area contributed by atoms with Gasteiger partial charge < -0.3 is 14.2 Å². The molecule has 3 aromatic carbocycles. The van der Waals surface area contributed by atoms with E-state index in [4.69, 9.17) is 19.2 Å². The molecular formula is C27H22N2O4. The maximum atomic E-state index is 13.2. The number of benzene rings is 3. The largest absolute Gasteiger partial charge is 0.493 e. The molecule has 0 radical (unpaired) electrons. The summed E-state index contributed by atoms with van der Waals surface area (Å²) in [6.45, 7) is 0. The first-order valence-corrected chi connectivity index (χ1v) is 10.5. The van der Waals surface area contributed by atoms with Crippen molar-refractivity contribution < 1.29 is 14.2 Å². The Bertz CT molecular complexity index is 1520. The van der Waals surface area contributed by atoms with Gasteiger partial charge in [0, 0.05) is 23.6 Å². The Morgan fingerprint density at radius 1 is 0.758 bits per heavy atom. The molecule has 0 saturated carbocycles. The number of hydrogen-bond donors (Lipinski definition) is 0. The summed E-state index contributed by atoms with van der Waals surface area (Å²) in [6.07, 6.45) is 0. The minimum Gasteiger partial charge on any atom is -0.493 e. The van der Waals surface area contributed by atoms with E-state index in [0.29, 0.717) is 34.0 Å². The number of methoxy groups -OCH3 is 3. The molecule has 6 nitrogen and oxygen atoms in total. The second-order valence-electron chi connectivity index (χ2n) is 7.53. The highest BCUT2D eigenvalue weighted by atomic mass is 16.5. The Balaban J connectivity index is 1.95. The molecule has 164 valence electrons. The van der Waals surface area contributed by atoms with Gasteiger partial charge in [-0.05, 0) is 17.7 Å². The fraction of sp³-hybridized carbons (Fsp3) is 0.111. The molecule has 0 unspecified atom stereocenters. The minimum absolute atomic E-state index is 0.0919. The van der Waals surface area contributed by atoms with Crippen LogP contribution in [0.3, 0.4) is 0 Å². The van der Waals surface area contributed by atoms with Crippen molar-refractivity contribution in [2.45, 2.75) is 0 Å². The molecule has 2 aromatic heterocycles. The van der Waals surface area contributed by atoms with Gasteiger partial charge >= 0.3 is 0 Å². The highest BCUT2D eigenvalue weighted by Gasteiger charge is 2.19. The normalized spacial score (nSPS) is 11.0. The number of rotatable bonds is 5. The zero-order chi connectivity index (χ0) is 22.9. The van der Waals surface area contributed by atoms with Crippen molar-refractivity contribution in [2.24, 2.45) is 0 Å². The van der Waals surface area contributed by atoms with Crippen molar-refractivity contribution in [3.05, 3.63) is 89.1 Å². The van der Waals surface area contributed by atoms with Crippen LogP contribution < -0.4 is 19.6 Å². The number of aromatic nitrogens is 2. The van der Waals surface area contributed by atoms with Gasteiger partial charge in [-0.3, -0.25) is 9.36 Å². The molecule has 0 aliphatic carbocycles. The van der Waals surface area contributed by atoms with E-state index < -0.39 is 0 Å². The summed E-state index contributed by atoms with van der Waals surface area (Å²) in [6, 6.07) is 24.8. The van der Waals surface area contributed by atoms with Crippen LogP contribution >= 0.6 is 0 Å². The average Bonchev–Trinajstić information content (AvgIpc) is 2.87. The van der Waals surface area contributed by atoms with E-state index in [-0.39, 0.29) is 5.43 Å². The standard InChI is InChI=1S/C27H22N2O4/c1-31-24-14-19(15-25(32-2)26(24)33-3)29-22(17-9-5-4-6-10-17)16-23(30)20-13-18-11-7-8-12-21(18)28-27(20)29/h4-16H,1-3H3. The summed E-state index contributed by atoms with van der Waals surface area (Å²) in [7, 11) is 4.72. The number of ether oxygens (including phenoxy) is 3. The van der Waals surface area contributed by atoms with Crippen LogP contribution in [0, 0.1) is 0 Å². The predicted octanol–water partition coefficient (Wildman–Crippen LogP) is 5.23. The van der Waals surface area contributed by atoms with Gasteiger partial charge in [0.05, 0.1) is 43.6 Å². The van der Waals surface area contributed by atoms with Crippen LogP contribution in [0.2, 0.25) is 0 Å². The molecule has 0 amide bonds. The fourth-order valence-corrected chi connectivity index (χ4v) is 4.12. The molecule has 0 bridgehead atoms. The first kappa shape index (κ1) is 20.6. The molecular weight excluding hydrogens is 416 g/mol. The van der Waals surface area contributed by atoms with E-state index in [2.05, 4.69) is 0 Å². The number of nitrogens with zero attached hydrogens (tertiary/aromatic N) is 2. The van der Waals surface area contributed by atoms with E-state index in [1.54, 1.807) is 27.4 Å². The van der Waals surface area contributed by atoms with Gasteiger partial charge in [0.1, 0.15) is 5.65 Å². The van der Waals surface area contributed by atoms with Gasteiger partial charge in [-0.25, -0.2) is 4.98 Å². The Hall–Kier alpha value is -4.32. The summed E-state index contributed by atoms with van der Waals surface area (Å²) in [4.78, 5) is 18.1. The van der Waals surface area contributed by atoms with Crippen LogP contribution in [0.15, 0.2) is 83.7 Å². The van der Waals surface area contributed by atoms with Crippen molar-refractivity contribution in [1.82, 2.24) is 9.55 Å². The lowest BCUT2D eigenvalue weighted by Crippen LogP contribution is -2.12. The quantitative estimate of drug-likeness (QED) is 0.352. The highest BCUT2D eigenvalue weighted by molar-refractivity contribution is 5.93. The third kappa shape index (κ3) is 3.46. The molecule has 0 aliphatic rings. The van der Waals surface area contributed by atoms with Gasteiger partial charge in [-0.2, -0.15) is 0 Å². The SMILES string of the molecule is COc1cc(-n2c(-c3ccccc3)cc(=O)c3cc4ccccc4nc32)cc(OC)c1OC. The third-order valence-corrected chi connectivity index (χ3v) is 5.67. The average molecular weight is 438 g/mol. The second kappa shape index (κ2) is 8.31. The maximum Gasteiger partial charge on any atom is 0.203 e. The smallest absolute Gasteiger partial charge is 0.203 e. The van der Waals surface area contributed by atoms with Crippen molar-refractivity contribution in [3.63, 3.8) is 0 Å². The Kier molecular flexibility index (Phi) is 5.18. The number of pyridine rings is 2. The zero-order valence-electron chi connectivity index (χ0n) is 18.5. The first-order valence-electron chi connectivity index (χ1n) is 10.5. The number of fused-ring (bicyclic) bond motifs is 2. The van der Waals surface area contributed by atoms with Crippen LogP contribution in [-0.4, -0.2) is 30.9 Å². The zero-order valence-corrected chi connectivity index (χ0v) is 18.5. The monoisotopic (exact) mass is 438 g/mol. The summed E-state index contributed by atoms with van der Waals surface area (Å²) in [5.41, 5.74) is 3.59. The van der Waals surface area contributed by atoms with Crippen molar-refractivity contribution in [1.29, 1.82) is 0 Å². The van der Waals surface area contributed by atoms with Crippen molar-refractivity contribution >= 4 is 21.9 Å². The molecule has 33 heavy (non-hydrogen) atoms. The Labute approximate surface area is 190 Å². The maximum absolute atomic E-state index is 13.2. The molecule has 5 aromatic rings. The lowest BCUT2D eigenvalue weighted by atomic mass is 10.1. The molecule has 5 rings (SSSR count). The fourth-order valence-electron chi connectivity index (χ4n) is 4.12. The van der Waals surface area contributed by atoms with Crippen molar-refractivity contribution in [2.75, 3.05) is 21.3 Å². The summed E-state index contributed by atoms with van der Waals surface area (Å²) in [5.74, 6) is 1.52. The molecule has 0 spiro atoms. The van der Waals surface area contributed by atoms with Gasteiger partial charge in [0.25, 0.3) is 0 Å². The molecule has 0 saturated heterocycles. The molecule has 0 fully saturated rings. The Morgan fingerprint density at radius 3 is 2.09 bits per heavy atom. The van der Waals surface area contributed by atoms with Gasteiger partial charge in [-0.15, -0.1) is 0 Å². The third-order valence-electron chi connectivity index (χ3n) is 5.67. The summed E-state index contributed by atoms with van der Waals surface area (Å²) >= 11 is 0. The first-order chi connectivity index (χ1) is 16.1. The Morgan fingerprint density at radius 2 is 1.42 bits per heavy atom. The van der Waals surface area contributed by atoms with E-state index in [9.17, 15) is 4.79 Å². The molecule has 0 N–H and O–H groups in total.